The molecule has 6 heteroatoms. The van der Waals surface area contributed by atoms with Crippen molar-refractivity contribution < 1.29 is 4.39 Å². The number of benzene rings is 2. The highest BCUT2D eigenvalue weighted by atomic mass is 19.1. The summed E-state index contributed by atoms with van der Waals surface area (Å²) >= 11 is 0. The van der Waals surface area contributed by atoms with Gasteiger partial charge in [0.2, 0.25) is 0 Å². The fraction of sp³-hybridized carbons (Fsp3) is 0.273. The van der Waals surface area contributed by atoms with Gasteiger partial charge in [-0.2, -0.15) is 5.10 Å². The van der Waals surface area contributed by atoms with E-state index in [0.29, 0.717) is 5.69 Å². The van der Waals surface area contributed by atoms with Crippen LogP contribution >= 0.6 is 0 Å². The van der Waals surface area contributed by atoms with E-state index in [2.05, 4.69) is 10.2 Å². The molecule has 1 N–H and O–H groups in total. The predicted octanol–water partition coefficient (Wildman–Crippen LogP) is 4.22. The lowest BCUT2D eigenvalue weighted by atomic mass is 10.1. The van der Waals surface area contributed by atoms with E-state index in [9.17, 15) is 4.39 Å². The van der Waals surface area contributed by atoms with Crippen molar-refractivity contribution in [3.63, 3.8) is 0 Å². The van der Waals surface area contributed by atoms with Crippen molar-refractivity contribution in [3.8, 4) is 5.69 Å². The Morgan fingerprint density at radius 3 is 2.71 bits per heavy atom. The van der Waals surface area contributed by atoms with Crippen molar-refractivity contribution in [1.82, 2.24) is 19.7 Å². The molecule has 1 fully saturated rings. The van der Waals surface area contributed by atoms with E-state index in [4.69, 9.17) is 10.1 Å². The summed E-state index contributed by atoms with van der Waals surface area (Å²) in [6.07, 6.45) is 4.51. The Balaban J connectivity index is 1.55. The minimum Gasteiger partial charge on any atom is -0.368 e. The molecule has 0 aliphatic carbocycles. The monoisotopic (exact) mass is 375 g/mol. The Hall–Kier alpha value is -2.99. The number of hydrogen-bond acceptors (Lipinski definition) is 4. The van der Waals surface area contributed by atoms with Crippen LogP contribution < -0.4 is 5.32 Å². The van der Waals surface area contributed by atoms with Crippen molar-refractivity contribution in [2.24, 2.45) is 0 Å². The zero-order chi connectivity index (χ0) is 18.9. The van der Waals surface area contributed by atoms with Crippen molar-refractivity contribution in [1.29, 1.82) is 0 Å². The summed E-state index contributed by atoms with van der Waals surface area (Å²) in [6, 6.07) is 14.5. The zero-order valence-electron chi connectivity index (χ0n) is 15.6. The molecule has 0 radical (unpaired) electrons. The summed E-state index contributed by atoms with van der Waals surface area (Å²) in [6.45, 7) is 4.21. The first-order valence-corrected chi connectivity index (χ1v) is 9.78. The first kappa shape index (κ1) is 17.1. The molecule has 0 atom stereocenters. The molecule has 5 nitrogen and oxygen atoms in total. The first-order chi connectivity index (χ1) is 13.8. The second-order valence-corrected chi connectivity index (χ2v) is 7.27. The maximum absolute atomic E-state index is 13.7. The van der Waals surface area contributed by atoms with Crippen molar-refractivity contribution >= 4 is 27.6 Å². The molecule has 4 aromatic rings. The van der Waals surface area contributed by atoms with Gasteiger partial charge < -0.3 is 10.2 Å². The molecule has 3 heterocycles. The molecule has 0 bridgehead atoms. The largest absolute Gasteiger partial charge is 0.368 e. The molecule has 2 aromatic carbocycles. The van der Waals surface area contributed by atoms with E-state index in [1.54, 1.807) is 10.7 Å². The molecule has 28 heavy (non-hydrogen) atoms. The highest BCUT2D eigenvalue weighted by Crippen LogP contribution is 2.29. The van der Waals surface area contributed by atoms with Gasteiger partial charge in [0, 0.05) is 24.7 Å². The molecule has 142 valence electrons. The van der Waals surface area contributed by atoms with Gasteiger partial charge in [-0.05, 0) is 50.2 Å². The van der Waals surface area contributed by atoms with Crippen LogP contribution in [0.4, 0.5) is 10.2 Å². The summed E-state index contributed by atoms with van der Waals surface area (Å²) in [7, 11) is 0. The quantitative estimate of drug-likeness (QED) is 0.567. The van der Waals surface area contributed by atoms with Gasteiger partial charge in [-0.1, -0.05) is 24.3 Å². The average Bonchev–Trinajstić information content (AvgIpc) is 3.38. The number of likely N-dealkylation sites (tertiary alicyclic amines) is 1. The lowest BCUT2D eigenvalue weighted by molar-refractivity contribution is 0.352. The molecule has 0 saturated carbocycles. The summed E-state index contributed by atoms with van der Waals surface area (Å²) in [5.41, 5.74) is 2.48. The van der Waals surface area contributed by atoms with Crippen LogP contribution in [-0.2, 0) is 0 Å². The lowest BCUT2D eigenvalue weighted by Crippen LogP contribution is -2.26. The highest BCUT2D eigenvalue weighted by Gasteiger charge is 2.15. The number of fused-ring (bicyclic) bond motifs is 3. The number of pyridine rings is 1. The van der Waals surface area contributed by atoms with Crippen LogP contribution in [0.5, 0.6) is 0 Å². The maximum Gasteiger partial charge on any atom is 0.137 e. The van der Waals surface area contributed by atoms with E-state index in [1.165, 1.54) is 38.1 Å². The van der Waals surface area contributed by atoms with Crippen molar-refractivity contribution in [3.05, 3.63) is 60.5 Å². The second kappa shape index (κ2) is 7.20. The van der Waals surface area contributed by atoms with Crippen LogP contribution in [0.3, 0.4) is 0 Å². The van der Waals surface area contributed by atoms with E-state index < -0.39 is 0 Å². The van der Waals surface area contributed by atoms with E-state index in [-0.39, 0.29) is 5.82 Å². The predicted molar refractivity (Wildman–Crippen MR) is 110 cm³/mol. The van der Waals surface area contributed by atoms with Crippen LogP contribution in [0.1, 0.15) is 12.8 Å². The maximum atomic E-state index is 13.7. The van der Waals surface area contributed by atoms with Gasteiger partial charge in [0.1, 0.15) is 17.2 Å². The molecule has 0 amide bonds. The SMILES string of the molecule is Fc1cccc(-n2cc3c(NCCN4CCCC4)nc4ccccc4c3n2)c1. The fourth-order valence-corrected chi connectivity index (χ4v) is 3.92. The third-order valence-electron chi connectivity index (χ3n) is 5.35. The van der Waals surface area contributed by atoms with E-state index >= 15 is 0 Å². The molecular weight excluding hydrogens is 353 g/mol. The number of rotatable bonds is 5. The van der Waals surface area contributed by atoms with E-state index in [1.807, 2.05) is 36.5 Å². The first-order valence-electron chi connectivity index (χ1n) is 9.78. The van der Waals surface area contributed by atoms with Crippen LogP contribution in [-0.4, -0.2) is 45.8 Å². The number of aromatic nitrogens is 3. The van der Waals surface area contributed by atoms with E-state index in [0.717, 1.165) is 40.7 Å². The number of nitrogens with zero attached hydrogens (tertiary/aromatic N) is 4. The Morgan fingerprint density at radius 1 is 1.00 bits per heavy atom. The Labute approximate surface area is 162 Å². The molecule has 1 aliphatic heterocycles. The van der Waals surface area contributed by atoms with Crippen LogP contribution in [0, 0.1) is 5.82 Å². The Kier molecular flexibility index (Phi) is 4.41. The average molecular weight is 375 g/mol. The molecule has 0 spiro atoms. The van der Waals surface area contributed by atoms with Gasteiger partial charge in [0.05, 0.1) is 16.6 Å². The normalized spacial score (nSPS) is 14.9. The van der Waals surface area contributed by atoms with Gasteiger partial charge in [0.15, 0.2) is 0 Å². The third-order valence-corrected chi connectivity index (χ3v) is 5.35. The summed E-state index contributed by atoms with van der Waals surface area (Å²) < 4.78 is 15.4. The van der Waals surface area contributed by atoms with Crippen molar-refractivity contribution in [2.45, 2.75) is 12.8 Å². The summed E-state index contributed by atoms with van der Waals surface area (Å²) in [4.78, 5) is 7.31. The van der Waals surface area contributed by atoms with Gasteiger partial charge in [-0.3, -0.25) is 0 Å². The number of hydrogen-bond donors (Lipinski definition) is 1. The smallest absolute Gasteiger partial charge is 0.137 e. The Morgan fingerprint density at radius 2 is 1.86 bits per heavy atom. The molecule has 1 aliphatic rings. The second-order valence-electron chi connectivity index (χ2n) is 7.27. The number of anilines is 1. The summed E-state index contributed by atoms with van der Waals surface area (Å²) in [5.74, 6) is 0.555. The minimum atomic E-state index is -0.274. The molecule has 2 aromatic heterocycles. The molecule has 0 unspecified atom stereocenters. The van der Waals surface area contributed by atoms with Crippen molar-refractivity contribution in [2.75, 3.05) is 31.5 Å². The number of para-hydroxylation sites is 1. The number of nitrogens with one attached hydrogen (secondary N) is 1. The minimum absolute atomic E-state index is 0.274. The van der Waals surface area contributed by atoms with Crippen LogP contribution in [0.15, 0.2) is 54.7 Å². The van der Waals surface area contributed by atoms with Gasteiger partial charge >= 0.3 is 0 Å². The standard InChI is InChI=1S/C22H22FN5/c23-16-6-5-7-17(14-16)28-15-19-21(26-28)18-8-1-2-9-20(18)25-22(19)24-10-13-27-11-3-4-12-27/h1-2,5-9,14-15H,3-4,10-13H2,(H,24,25). The molecular formula is C22H22FN5. The van der Waals surface area contributed by atoms with Crippen LogP contribution in [0.2, 0.25) is 0 Å². The Bertz CT molecular complexity index is 1130. The lowest BCUT2D eigenvalue weighted by Gasteiger charge is -2.15. The molecule has 5 rings (SSSR count). The van der Waals surface area contributed by atoms with Crippen LogP contribution in [0.25, 0.3) is 27.5 Å². The van der Waals surface area contributed by atoms with Gasteiger partial charge in [-0.15, -0.1) is 0 Å². The third kappa shape index (κ3) is 3.20. The molecule has 1 saturated heterocycles. The topological polar surface area (TPSA) is 46.0 Å². The fourth-order valence-electron chi connectivity index (χ4n) is 3.92. The summed E-state index contributed by atoms with van der Waals surface area (Å²) in [5, 5.41) is 10.2. The van der Waals surface area contributed by atoms with Gasteiger partial charge in [-0.25, -0.2) is 14.1 Å². The zero-order valence-corrected chi connectivity index (χ0v) is 15.6. The highest BCUT2D eigenvalue weighted by molar-refractivity contribution is 6.07. The number of halogens is 1. The van der Waals surface area contributed by atoms with Gasteiger partial charge in [0.25, 0.3) is 0 Å².